The Kier molecular flexibility index (Phi) is 3.43. The topological polar surface area (TPSA) is 59.0 Å². The molecular formula is C16H16N2O. The number of nitrogens with zero attached hydrogens (tertiary/aromatic N) is 1. The Hall–Kier alpha value is -2.47. The van der Waals surface area contributed by atoms with Crippen molar-refractivity contribution in [2.75, 3.05) is 5.73 Å². The fraction of sp³-hybridized carbons (Fsp3) is 0.188. The maximum atomic E-state index is 8.85. The van der Waals surface area contributed by atoms with Crippen molar-refractivity contribution in [3.63, 3.8) is 0 Å². The van der Waals surface area contributed by atoms with E-state index in [1.807, 2.05) is 26.0 Å². The van der Waals surface area contributed by atoms with Crippen LogP contribution in [-0.4, -0.2) is 0 Å². The zero-order chi connectivity index (χ0) is 14.0. The Labute approximate surface area is 113 Å². The Morgan fingerprint density at radius 3 is 2.47 bits per heavy atom. The molecule has 0 amide bonds. The summed E-state index contributed by atoms with van der Waals surface area (Å²) in [5, 5.41) is 8.85. The van der Waals surface area contributed by atoms with Crippen LogP contribution in [0.4, 0.5) is 5.69 Å². The number of nitriles is 1. The number of nitrogen functional groups attached to an aromatic ring is 1. The van der Waals surface area contributed by atoms with Crippen LogP contribution in [0.3, 0.4) is 0 Å². The first-order chi connectivity index (χ1) is 9.01. The number of hydrogen-bond donors (Lipinski definition) is 1. The third-order valence-corrected chi connectivity index (χ3v) is 3.14. The first-order valence-electron chi connectivity index (χ1n) is 6.06. The lowest BCUT2D eigenvalue weighted by atomic mass is 10.1. The van der Waals surface area contributed by atoms with Gasteiger partial charge in [-0.1, -0.05) is 6.07 Å². The molecule has 96 valence electrons. The molecular weight excluding hydrogens is 236 g/mol. The van der Waals surface area contributed by atoms with Gasteiger partial charge in [0.15, 0.2) is 0 Å². The molecule has 0 radical (unpaired) electrons. The summed E-state index contributed by atoms with van der Waals surface area (Å²) in [7, 11) is 0. The second-order valence-electron chi connectivity index (χ2n) is 4.67. The highest BCUT2D eigenvalue weighted by molar-refractivity contribution is 5.58. The van der Waals surface area contributed by atoms with Gasteiger partial charge in [0, 0.05) is 6.07 Å². The molecule has 3 heteroatoms. The van der Waals surface area contributed by atoms with Gasteiger partial charge in [-0.15, -0.1) is 0 Å². The third-order valence-electron chi connectivity index (χ3n) is 3.14. The van der Waals surface area contributed by atoms with Crippen molar-refractivity contribution < 1.29 is 4.74 Å². The molecule has 2 N–H and O–H groups in total. The van der Waals surface area contributed by atoms with E-state index in [4.69, 9.17) is 15.7 Å². The monoisotopic (exact) mass is 252 g/mol. The van der Waals surface area contributed by atoms with Crippen LogP contribution in [0.15, 0.2) is 30.3 Å². The summed E-state index contributed by atoms with van der Waals surface area (Å²) in [4.78, 5) is 0. The predicted molar refractivity (Wildman–Crippen MR) is 76.3 cm³/mol. The highest BCUT2D eigenvalue weighted by Gasteiger charge is 2.07. The minimum atomic E-state index is 0.432. The average Bonchev–Trinajstić information content (AvgIpc) is 2.35. The first-order valence-corrected chi connectivity index (χ1v) is 6.06. The predicted octanol–water partition coefficient (Wildman–Crippen LogP) is 3.86. The SMILES string of the molecule is Cc1cc(C)c(C)c(Oc2ccc(C#N)c(N)c2)c1. The van der Waals surface area contributed by atoms with Gasteiger partial charge in [0.1, 0.15) is 17.6 Å². The summed E-state index contributed by atoms with van der Waals surface area (Å²) < 4.78 is 5.86. The quantitative estimate of drug-likeness (QED) is 0.826. The maximum Gasteiger partial charge on any atom is 0.130 e. The molecule has 0 fully saturated rings. The normalized spacial score (nSPS) is 10.0. The van der Waals surface area contributed by atoms with E-state index in [2.05, 4.69) is 13.0 Å². The van der Waals surface area contributed by atoms with E-state index >= 15 is 0 Å². The average molecular weight is 252 g/mol. The molecule has 0 atom stereocenters. The van der Waals surface area contributed by atoms with Crippen LogP contribution < -0.4 is 10.5 Å². The zero-order valence-electron chi connectivity index (χ0n) is 11.3. The molecule has 19 heavy (non-hydrogen) atoms. The smallest absolute Gasteiger partial charge is 0.130 e. The fourth-order valence-corrected chi connectivity index (χ4v) is 1.94. The van der Waals surface area contributed by atoms with Gasteiger partial charge in [0.25, 0.3) is 0 Å². The van der Waals surface area contributed by atoms with E-state index in [9.17, 15) is 0 Å². The number of aryl methyl sites for hydroxylation is 2. The van der Waals surface area contributed by atoms with Crippen LogP contribution in [0.25, 0.3) is 0 Å². The van der Waals surface area contributed by atoms with Gasteiger partial charge >= 0.3 is 0 Å². The van der Waals surface area contributed by atoms with Gasteiger partial charge in [-0.05, 0) is 55.7 Å². The largest absolute Gasteiger partial charge is 0.457 e. The summed E-state index contributed by atoms with van der Waals surface area (Å²) in [5.41, 5.74) is 10.1. The standard InChI is InChI=1S/C16H16N2O/c1-10-6-11(2)12(3)16(7-10)19-14-5-4-13(9-17)15(18)8-14/h4-8H,18H2,1-3H3. The van der Waals surface area contributed by atoms with Crippen LogP contribution in [0.1, 0.15) is 22.3 Å². The van der Waals surface area contributed by atoms with E-state index in [1.165, 1.54) is 5.56 Å². The molecule has 0 saturated carbocycles. The first kappa shape index (κ1) is 13.0. The minimum absolute atomic E-state index is 0.432. The van der Waals surface area contributed by atoms with Crippen molar-refractivity contribution in [3.8, 4) is 17.6 Å². The Balaban J connectivity index is 2.37. The number of rotatable bonds is 2. The maximum absolute atomic E-state index is 8.85. The fourth-order valence-electron chi connectivity index (χ4n) is 1.94. The molecule has 0 unspecified atom stereocenters. The Bertz CT molecular complexity index is 669. The molecule has 0 bridgehead atoms. The van der Waals surface area contributed by atoms with Gasteiger partial charge in [-0.2, -0.15) is 5.26 Å². The minimum Gasteiger partial charge on any atom is -0.457 e. The number of benzene rings is 2. The molecule has 0 aliphatic carbocycles. The van der Waals surface area contributed by atoms with Gasteiger partial charge in [0.2, 0.25) is 0 Å². The highest BCUT2D eigenvalue weighted by atomic mass is 16.5. The van der Waals surface area contributed by atoms with E-state index in [0.717, 1.165) is 16.9 Å². The number of nitrogens with two attached hydrogens (primary N) is 1. The number of hydrogen-bond acceptors (Lipinski definition) is 3. The Morgan fingerprint density at radius 2 is 1.84 bits per heavy atom. The zero-order valence-corrected chi connectivity index (χ0v) is 11.3. The van der Waals surface area contributed by atoms with E-state index in [-0.39, 0.29) is 0 Å². The Morgan fingerprint density at radius 1 is 1.11 bits per heavy atom. The van der Waals surface area contributed by atoms with Gasteiger partial charge < -0.3 is 10.5 Å². The van der Waals surface area contributed by atoms with Crippen LogP contribution in [0, 0.1) is 32.1 Å². The van der Waals surface area contributed by atoms with Gasteiger partial charge in [-0.25, -0.2) is 0 Å². The van der Waals surface area contributed by atoms with E-state index < -0.39 is 0 Å². The van der Waals surface area contributed by atoms with Crippen LogP contribution in [0.5, 0.6) is 11.5 Å². The third kappa shape index (κ3) is 2.69. The molecule has 3 nitrogen and oxygen atoms in total. The molecule has 2 aromatic carbocycles. The lowest BCUT2D eigenvalue weighted by Gasteiger charge is -2.12. The summed E-state index contributed by atoms with van der Waals surface area (Å²) in [6, 6.07) is 11.3. The summed E-state index contributed by atoms with van der Waals surface area (Å²) in [5.74, 6) is 1.46. The van der Waals surface area contributed by atoms with Crippen molar-refractivity contribution in [3.05, 3.63) is 52.6 Å². The molecule has 0 saturated heterocycles. The van der Waals surface area contributed by atoms with Gasteiger partial charge in [-0.3, -0.25) is 0 Å². The molecule has 0 aromatic heterocycles. The highest BCUT2D eigenvalue weighted by Crippen LogP contribution is 2.30. The van der Waals surface area contributed by atoms with Crippen molar-refractivity contribution in [1.29, 1.82) is 5.26 Å². The number of anilines is 1. The van der Waals surface area contributed by atoms with Crippen molar-refractivity contribution in [2.24, 2.45) is 0 Å². The van der Waals surface area contributed by atoms with Crippen LogP contribution in [-0.2, 0) is 0 Å². The van der Waals surface area contributed by atoms with Crippen molar-refractivity contribution in [1.82, 2.24) is 0 Å². The van der Waals surface area contributed by atoms with E-state index in [0.29, 0.717) is 17.0 Å². The summed E-state index contributed by atoms with van der Waals surface area (Å²) in [6.45, 7) is 6.12. The lowest BCUT2D eigenvalue weighted by Crippen LogP contribution is -1.94. The van der Waals surface area contributed by atoms with Gasteiger partial charge in [0.05, 0.1) is 11.3 Å². The molecule has 2 aromatic rings. The van der Waals surface area contributed by atoms with Crippen molar-refractivity contribution >= 4 is 5.69 Å². The molecule has 0 aliphatic heterocycles. The number of ether oxygens (including phenoxy) is 1. The lowest BCUT2D eigenvalue weighted by molar-refractivity contribution is 0.478. The molecule has 0 aliphatic rings. The second kappa shape index (κ2) is 5.03. The summed E-state index contributed by atoms with van der Waals surface area (Å²) in [6.07, 6.45) is 0. The van der Waals surface area contributed by atoms with Crippen LogP contribution >= 0.6 is 0 Å². The summed E-state index contributed by atoms with van der Waals surface area (Å²) >= 11 is 0. The van der Waals surface area contributed by atoms with Crippen molar-refractivity contribution in [2.45, 2.75) is 20.8 Å². The molecule has 0 spiro atoms. The van der Waals surface area contributed by atoms with Crippen LogP contribution in [0.2, 0.25) is 0 Å². The molecule has 2 rings (SSSR count). The second-order valence-corrected chi connectivity index (χ2v) is 4.67. The molecule has 0 heterocycles. The van der Waals surface area contributed by atoms with E-state index in [1.54, 1.807) is 18.2 Å².